The van der Waals surface area contributed by atoms with Crippen LogP contribution in [0.25, 0.3) is 0 Å². The normalized spacial score (nSPS) is 9.89. The fraction of sp³-hybridized carbons (Fsp3) is 0.273. The molecule has 98 valence electrons. The minimum absolute atomic E-state index is 0.0261. The van der Waals surface area contributed by atoms with E-state index in [1.165, 1.54) is 12.1 Å². The predicted octanol–water partition coefficient (Wildman–Crippen LogP) is 1.77. The molecule has 0 saturated heterocycles. The first kappa shape index (κ1) is 14.3. The number of carbonyl (C=O) groups is 2. The second-order valence-electron chi connectivity index (χ2n) is 3.28. The summed E-state index contributed by atoms with van der Waals surface area (Å²) in [5, 5.41) is 2.03. The second-order valence-corrected chi connectivity index (χ2v) is 4.33. The summed E-state index contributed by atoms with van der Waals surface area (Å²) in [5.41, 5.74) is 5.74. The minimum atomic E-state index is -0.790. The molecule has 0 aromatic heterocycles. The van der Waals surface area contributed by atoms with Crippen molar-refractivity contribution in [3.8, 4) is 0 Å². The Bertz CT molecular complexity index is 434. The number of nitrogens with one attached hydrogen (secondary N) is 1. The van der Waals surface area contributed by atoms with Crippen molar-refractivity contribution in [2.24, 2.45) is 0 Å². The molecule has 7 heteroatoms. The molecule has 2 amide bonds. The van der Waals surface area contributed by atoms with Gasteiger partial charge in [-0.3, -0.25) is 10.1 Å². The van der Waals surface area contributed by atoms with Crippen molar-refractivity contribution in [2.45, 2.75) is 11.8 Å². The maximum atomic E-state index is 13.0. The Hall–Kier alpha value is -1.76. The number of amides is 2. The summed E-state index contributed by atoms with van der Waals surface area (Å²) in [6.07, 6.45) is -0.790. The van der Waals surface area contributed by atoms with Gasteiger partial charge in [-0.1, -0.05) is 0 Å². The van der Waals surface area contributed by atoms with Gasteiger partial charge in [-0.05, 0) is 25.1 Å². The average Bonchev–Trinajstić information content (AvgIpc) is 2.25. The molecule has 1 aromatic rings. The zero-order chi connectivity index (χ0) is 13.5. The molecule has 0 bridgehead atoms. The van der Waals surface area contributed by atoms with Crippen molar-refractivity contribution in [1.82, 2.24) is 5.32 Å². The highest BCUT2D eigenvalue weighted by Crippen LogP contribution is 2.21. The highest BCUT2D eigenvalue weighted by molar-refractivity contribution is 8.00. The number of thioether (sulfide) groups is 1. The number of ether oxygens (including phenoxy) is 1. The molecular formula is C11H13FN2O3S. The van der Waals surface area contributed by atoms with Gasteiger partial charge in [0, 0.05) is 10.6 Å². The van der Waals surface area contributed by atoms with Crippen LogP contribution in [0.3, 0.4) is 0 Å². The number of hydrogen-bond donors (Lipinski definition) is 2. The summed E-state index contributed by atoms with van der Waals surface area (Å²) < 4.78 is 17.5. The van der Waals surface area contributed by atoms with Gasteiger partial charge in [0.25, 0.3) is 0 Å². The third kappa shape index (κ3) is 5.05. The van der Waals surface area contributed by atoms with Gasteiger partial charge in [-0.25, -0.2) is 9.18 Å². The number of rotatable bonds is 4. The van der Waals surface area contributed by atoms with Gasteiger partial charge in [0.1, 0.15) is 5.82 Å². The standard InChI is InChI=1S/C11H13FN2O3S/c1-2-17-11(16)14-10(15)6-18-9-4-7(12)3-8(13)5-9/h3-5H,2,6,13H2,1H3,(H,14,15,16). The van der Waals surface area contributed by atoms with Gasteiger partial charge in [-0.15, -0.1) is 11.8 Å². The number of carbonyl (C=O) groups excluding carboxylic acids is 2. The first-order chi connectivity index (χ1) is 8.51. The van der Waals surface area contributed by atoms with E-state index in [4.69, 9.17) is 5.73 Å². The Kier molecular flexibility index (Phi) is 5.44. The van der Waals surface area contributed by atoms with E-state index in [1.54, 1.807) is 13.0 Å². The highest BCUT2D eigenvalue weighted by atomic mass is 32.2. The molecule has 0 unspecified atom stereocenters. The third-order valence-electron chi connectivity index (χ3n) is 1.78. The van der Waals surface area contributed by atoms with Crippen LogP contribution in [-0.4, -0.2) is 24.4 Å². The largest absolute Gasteiger partial charge is 0.450 e. The first-order valence-corrected chi connectivity index (χ1v) is 6.15. The summed E-state index contributed by atoms with van der Waals surface area (Å²) in [7, 11) is 0. The summed E-state index contributed by atoms with van der Waals surface area (Å²) in [4.78, 5) is 22.8. The smallest absolute Gasteiger partial charge is 0.413 e. The van der Waals surface area contributed by atoms with Gasteiger partial charge in [0.05, 0.1) is 12.4 Å². The second kappa shape index (κ2) is 6.85. The molecule has 0 heterocycles. The van der Waals surface area contributed by atoms with Crippen molar-refractivity contribution in [2.75, 3.05) is 18.1 Å². The molecule has 0 aliphatic rings. The lowest BCUT2D eigenvalue weighted by atomic mass is 10.3. The number of benzene rings is 1. The van der Waals surface area contributed by atoms with E-state index in [0.29, 0.717) is 4.90 Å². The molecule has 0 spiro atoms. The third-order valence-corrected chi connectivity index (χ3v) is 2.76. The Balaban J connectivity index is 2.45. The van der Waals surface area contributed by atoms with E-state index in [-0.39, 0.29) is 18.0 Å². The molecule has 0 saturated carbocycles. The van der Waals surface area contributed by atoms with E-state index >= 15 is 0 Å². The summed E-state index contributed by atoms with van der Waals surface area (Å²) in [6, 6.07) is 3.99. The van der Waals surface area contributed by atoms with E-state index in [0.717, 1.165) is 11.8 Å². The molecule has 1 rings (SSSR count). The molecule has 18 heavy (non-hydrogen) atoms. The summed E-state index contributed by atoms with van der Waals surface area (Å²) >= 11 is 1.08. The predicted molar refractivity (Wildman–Crippen MR) is 66.7 cm³/mol. The van der Waals surface area contributed by atoms with Crippen molar-refractivity contribution in [3.63, 3.8) is 0 Å². The van der Waals surface area contributed by atoms with Gasteiger partial charge in [0.15, 0.2) is 0 Å². The fourth-order valence-electron chi connectivity index (χ4n) is 1.13. The number of hydrogen-bond acceptors (Lipinski definition) is 5. The van der Waals surface area contributed by atoms with E-state index < -0.39 is 17.8 Å². The van der Waals surface area contributed by atoms with Crippen molar-refractivity contribution < 1.29 is 18.7 Å². The van der Waals surface area contributed by atoms with Crippen LogP contribution in [-0.2, 0) is 9.53 Å². The van der Waals surface area contributed by atoms with Crippen LogP contribution in [0.4, 0.5) is 14.9 Å². The molecule has 3 N–H and O–H groups in total. The molecule has 0 aliphatic heterocycles. The summed E-state index contributed by atoms with van der Waals surface area (Å²) in [6.45, 7) is 1.82. The molecule has 0 radical (unpaired) electrons. The van der Waals surface area contributed by atoms with Crippen LogP contribution in [0.2, 0.25) is 0 Å². The van der Waals surface area contributed by atoms with Crippen molar-refractivity contribution in [3.05, 3.63) is 24.0 Å². The monoisotopic (exact) mass is 272 g/mol. The van der Waals surface area contributed by atoms with Crippen LogP contribution in [0.15, 0.2) is 23.1 Å². The zero-order valence-corrected chi connectivity index (χ0v) is 10.6. The minimum Gasteiger partial charge on any atom is -0.450 e. The quantitative estimate of drug-likeness (QED) is 0.645. The Morgan fingerprint density at radius 1 is 1.44 bits per heavy atom. The number of alkyl carbamates (subject to hydrolysis) is 1. The lowest BCUT2D eigenvalue weighted by molar-refractivity contribution is -0.117. The molecule has 0 aliphatic carbocycles. The van der Waals surface area contributed by atoms with Crippen LogP contribution in [0.1, 0.15) is 6.92 Å². The van der Waals surface area contributed by atoms with Crippen LogP contribution < -0.4 is 11.1 Å². The average molecular weight is 272 g/mol. The molecular weight excluding hydrogens is 259 g/mol. The van der Waals surface area contributed by atoms with Gasteiger partial charge < -0.3 is 10.5 Å². The van der Waals surface area contributed by atoms with E-state index in [2.05, 4.69) is 4.74 Å². The van der Waals surface area contributed by atoms with Crippen molar-refractivity contribution >= 4 is 29.4 Å². The Morgan fingerprint density at radius 2 is 2.17 bits per heavy atom. The Labute approximate surface area is 108 Å². The van der Waals surface area contributed by atoms with Gasteiger partial charge >= 0.3 is 6.09 Å². The maximum absolute atomic E-state index is 13.0. The maximum Gasteiger partial charge on any atom is 0.413 e. The van der Waals surface area contributed by atoms with Gasteiger partial charge in [0.2, 0.25) is 5.91 Å². The number of nitrogen functional groups attached to an aromatic ring is 1. The lowest BCUT2D eigenvalue weighted by Crippen LogP contribution is -2.32. The number of imide groups is 1. The van der Waals surface area contributed by atoms with E-state index in [9.17, 15) is 14.0 Å². The molecule has 1 aromatic carbocycles. The SMILES string of the molecule is CCOC(=O)NC(=O)CSc1cc(N)cc(F)c1. The topological polar surface area (TPSA) is 81.4 Å². The zero-order valence-electron chi connectivity index (χ0n) is 9.73. The van der Waals surface area contributed by atoms with Gasteiger partial charge in [-0.2, -0.15) is 0 Å². The number of anilines is 1. The molecule has 0 fully saturated rings. The van der Waals surface area contributed by atoms with Crippen molar-refractivity contribution in [1.29, 1.82) is 0 Å². The molecule has 0 atom stereocenters. The van der Waals surface area contributed by atoms with E-state index in [1.807, 2.05) is 5.32 Å². The summed E-state index contributed by atoms with van der Waals surface area (Å²) in [5.74, 6) is -1.01. The fourth-order valence-corrected chi connectivity index (χ4v) is 1.92. The van der Waals surface area contributed by atoms with Crippen LogP contribution in [0, 0.1) is 5.82 Å². The van der Waals surface area contributed by atoms with Crippen LogP contribution in [0.5, 0.6) is 0 Å². The van der Waals surface area contributed by atoms with Crippen LogP contribution >= 0.6 is 11.8 Å². The lowest BCUT2D eigenvalue weighted by Gasteiger charge is -2.05. The Morgan fingerprint density at radius 3 is 2.78 bits per heavy atom. The highest BCUT2D eigenvalue weighted by Gasteiger charge is 2.09. The number of nitrogens with two attached hydrogens (primary N) is 1. The number of halogens is 1. The molecule has 5 nitrogen and oxygen atoms in total. The first-order valence-electron chi connectivity index (χ1n) is 5.16.